The van der Waals surface area contributed by atoms with Crippen LogP contribution in [0.15, 0.2) is 82.8 Å². The van der Waals surface area contributed by atoms with Crippen molar-refractivity contribution >= 4 is 69.5 Å². The fourth-order valence-electron chi connectivity index (χ4n) is 4.02. The molecule has 0 aliphatic rings. The molecule has 3 N–H and O–H groups in total. The van der Waals surface area contributed by atoms with Crippen molar-refractivity contribution in [2.24, 2.45) is 5.10 Å². The minimum atomic E-state index is -0.305. The Morgan fingerprint density at radius 2 is 1.89 bits per heavy atom. The molecule has 5 aromatic rings. The largest absolute Gasteiger partial charge is 0.494 e. The van der Waals surface area contributed by atoms with Crippen LogP contribution in [0.3, 0.4) is 0 Å². The quantitative estimate of drug-likeness (QED) is 0.124. The molecule has 0 saturated heterocycles. The number of nitrogens with one attached hydrogen (secondary N) is 3. The first kappa shape index (κ1) is 26.1. The van der Waals surface area contributed by atoms with Crippen molar-refractivity contribution in [1.29, 1.82) is 0 Å². The number of ether oxygens (including phenoxy) is 1. The standard InChI is InChI=1S/C28H25N5O2S.ClH/c1-17-13-24(22-5-4-6-26(35-2)27(22)30-17)31-20-9-12-23-19(14-20)15-25(32-23)28(34)33-29-16-18-7-10-21(36-3)11-8-18;/h4-16,32H,1-3H3,(H,30,31)(H,33,34);1H/b29-16+;. The van der Waals surface area contributed by atoms with Gasteiger partial charge in [-0.1, -0.05) is 24.3 Å². The highest BCUT2D eigenvalue weighted by Gasteiger charge is 2.11. The van der Waals surface area contributed by atoms with E-state index in [9.17, 15) is 4.79 Å². The van der Waals surface area contributed by atoms with E-state index < -0.39 is 0 Å². The van der Waals surface area contributed by atoms with Gasteiger partial charge in [0.1, 0.15) is 17.0 Å². The number of hydrazone groups is 1. The molecule has 7 nitrogen and oxygen atoms in total. The van der Waals surface area contributed by atoms with Gasteiger partial charge in [-0.2, -0.15) is 5.10 Å². The molecule has 0 bridgehead atoms. The Balaban J connectivity index is 0.00000320. The van der Waals surface area contributed by atoms with E-state index in [1.54, 1.807) is 25.1 Å². The molecule has 0 aliphatic heterocycles. The predicted octanol–water partition coefficient (Wildman–Crippen LogP) is 6.68. The Bertz CT molecular complexity index is 1600. The summed E-state index contributed by atoms with van der Waals surface area (Å²) >= 11 is 1.68. The van der Waals surface area contributed by atoms with Crippen molar-refractivity contribution < 1.29 is 9.53 Å². The molecule has 3 aromatic carbocycles. The lowest BCUT2D eigenvalue weighted by Crippen LogP contribution is -2.17. The second-order valence-electron chi connectivity index (χ2n) is 8.25. The van der Waals surface area contributed by atoms with Gasteiger partial charge in [0.2, 0.25) is 0 Å². The minimum Gasteiger partial charge on any atom is -0.494 e. The fraction of sp³-hybridized carbons (Fsp3) is 0.107. The maximum absolute atomic E-state index is 12.6. The third-order valence-corrected chi connectivity index (χ3v) is 6.53. The molecule has 188 valence electrons. The summed E-state index contributed by atoms with van der Waals surface area (Å²) in [5.74, 6) is 0.427. The molecule has 0 aliphatic carbocycles. The van der Waals surface area contributed by atoms with E-state index in [-0.39, 0.29) is 18.3 Å². The number of aromatic nitrogens is 2. The monoisotopic (exact) mass is 531 g/mol. The molecular weight excluding hydrogens is 506 g/mol. The van der Waals surface area contributed by atoms with Crippen LogP contribution in [0.1, 0.15) is 21.7 Å². The number of hydrogen-bond acceptors (Lipinski definition) is 6. The highest BCUT2D eigenvalue weighted by Crippen LogP contribution is 2.32. The van der Waals surface area contributed by atoms with E-state index in [0.717, 1.165) is 50.2 Å². The van der Waals surface area contributed by atoms with Gasteiger partial charge in [-0.05, 0) is 67.3 Å². The second kappa shape index (κ2) is 11.4. The Hall–Kier alpha value is -4.01. The minimum absolute atomic E-state index is 0. The zero-order valence-corrected chi connectivity index (χ0v) is 22.2. The van der Waals surface area contributed by atoms with Crippen LogP contribution in [0.25, 0.3) is 21.8 Å². The lowest BCUT2D eigenvalue weighted by molar-refractivity contribution is 0.0951. The molecule has 0 spiro atoms. The number of carbonyl (C=O) groups is 1. The number of fused-ring (bicyclic) bond motifs is 2. The zero-order valence-electron chi connectivity index (χ0n) is 20.5. The number of benzene rings is 3. The SMILES string of the molecule is COc1cccc2c(Nc3ccc4[nH]c(C(=O)N/N=C/c5ccc(SC)cc5)cc4c3)cc(C)nc12.Cl. The van der Waals surface area contributed by atoms with Crippen LogP contribution in [0.4, 0.5) is 11.4 Å². The van der Waals surface area contributed by atoms with Crippen LogP contribution in [-0.4, -0.2) is 35.5 Å². The number of hydrogen-bond donors (Lipinski definition) is 3. The first-order valence-corrected chi connectivity index (χ1v) is 12.6. The summed E-state index contributed by atoms with van der Waals surface area (Å²) in [6.07, 6.45) is 3.66. The summed E-state index contributed by atoms with van der Waals surface area (Å²) in [4.78, 5) is 21.6. The van der Waals surface area contributed by atoms with Crippen molar-refractivity contribution in [2.75, 3.05) is 18.7 Å². The number of aryl methyl sites for hydroxylation is 1. The van der Waals surface area contributed by atoms with E-state index in [2.05, 4.69) is 25.8 Å². The molecule has 0 radical (unpaired) electrons. The number of rotatable bonds is 7. The average Bonchev–Trinajstić information content (AvgIpc) is 3.32. The van der Waals surface area contributed by atoms with Crippen LogP contribution < -0.4 is 15.5 Å². The first-order chi connectivity index (χ1) is 17.5. The van der Waals surface area contributed by atoms with Crippen LogP contribution >= 0.6 is 24.2 Å². The van der Waals surface area contributed by atoms with Gasteiger partial charge in [-0.15, -0.1) is 24.2 Å². The maximum Gasteiger partial charge on any atom is 0.287 e. The van der Waals surface area contributed by atoms with Gasteiger partial charge in [0.05, 0.1) is 13.3 Å². The number of anilines is 2. The number of para-hydroxylation sites is 1. The fourth-order valence-corrected chi connectivity index (χ4v) is 4.43. The highest BCUT2D eigenvalue weighted by molar-refractivity contribution is 7.98. The molecule has 2 heterocycles. The highest BCUT2D eigenvalue weighted by atomic mass is 35.5. The van der Waals surface area contributed by atoms with E-state index in [1.807, 2.05) is 86.0 Å². The third-order valence-electron chi connectivity index (χ3n) is 5.79. The normalized spacial score (nSPS) is 11.0. The maximum atomic E-state index is 12.6. The van der Waals surface area contributed by atoms with E-state index >= 15 is 0 Å². The Morgan fingerprint density at radius 1 is 1.08 bits per heavy atom. The molecular formula is C28H26ClN5O2S. The van der Waals surface area contributed by atoms with Crippen LogP contribution in [0.5, 0.6) is 5.75 Å². The molecule has 37 heavy (non-hydrogen) atoms. The summed E-state index contributed by atoms with van der Waals surface area (Å²) in [5.41, 5.74) is 8.33. The third kappa shape index (κ3) is 5.71. The van der Waals surface area contributed by atoms with Crippen molar-refractivity contribution in [3.05, 3.63) is 89.7 Å². The number of carbonyl (C=O) groups excluding carboxylic acids is 1. The molecule has 2 aromatic heterocycles. The summed E-state index contributed by atoms with van der Waals surface area (Å²) in [5, 5.41) is 9.46. The Labute approximate surface area is 225 Å². The average molecular weight is 532 g/mol. The molecule has 0 atom stereocenters. The van der Waals surface area contributed by atoms with Crippen molar-refractivity contribution in [1.82, 2.24) is 15.4 Å². The van der Waals surface area contributed by atoms with Gasteiger partial charge in [-0.25, -0.2) is 10.4 Å². The van der Waals surface area contributed by atoms with Crippen molar-refractivity contribution in [3.63, 3.8) is 0 Å². The number of nitrogens with zero attached hydrogens (tertiary/aromatic N) is 2. The molecule has 0 saturated carbocycles. The summed E-state index contributed by atoms with van der Waals surface area (Å²) in [6, 6.07) is 23.6. The van der Waals surface area contributed by atoms with Gasteiger partial charge in [0.15, 0.2) is 0 Å². The van der Waals surface area contributed by atoms with Gasteiger partial charge in [0.25, 0.3) is 5.91 Å². The van der Waals surface area contributed by atoms with Crippen LogP contribution in [0, 0.1) is 6.92 Å². The lowest BCUT2D eigenvalue weighted by Gasteiger charge is -2.13. The van der Waals surface area contributed by atoms with Gasteiger partial charge < -0.3 is 15.0 Å². The first-order valence-electron chi connectivity index (χ1n) is 11.4. The van der Waals surface area contributed by atoms with Gasteiger partial charge in [-0.3, -0.25) is 4.79 Å². The number of aromatic amines is 1. The Morgan fingerprint density at radius 3 is 2.65 bits per heavy atom. The Kier molecular flexibility index (Phi) is 8.01. The molecule has 5 rings (SSSR count). The van der Waals surface area contributed by atoms with Gasteiger partial charge >= 0.3 is 0 Å². The van der Waals surface area contributed by atoms with Crippen LogP contribution in [0.2, 0.25) is 0 Å². The number of pyridine rings is 1. The van der Waals surface area contributed by atoms with Gasteiger partial charge in [0, 0.05) is 38.3 Å². The molecule has 1 amide bonds. The van der Waals surface area contributed by atoms with E-state index in [4.69, 9.17) is 4.74 Å². The molecule has 9 heteroatoms. The number of methoxy groups -OCH3 is 1. The number of thioether (sulfide) groups is 1. The smallest absolute Gasteiger partial charge is 0.287 e. The van der Waals surface area contributed by atoms with Crippen LogP contribution in [-0.2, 0) is 0 Å². The molecule has 0 fully saturated rings. The topological polar surface area (TPSA) is 91.4 Å². The number of amides is 1. The molecule has 0 unspecified atom stereocenters. The lowest BCUT2D eigenvalue weighted by atomic mass is 10.1. The van der Waals surface area contributed by atoms with E-state index in [1.165, 1.54) is 4.90 Å². The summed E-state index contributed by atoms with van der Waals surface area (Å²) < 4.78 is 5.49. The second-order valence-corrected chi connectivity index (χ2v) is 9.13. The number of H-pyrrole nitrogens is 1. The van der Waals surface area contributed by atoms with Crippen molar-refractivity contribution in [2.45, 2.75) is 11.8 Å². The van der Waals surface area contributed by atoms with Crippen molar-refractivity contribution in [3.8, 4) is 5.75 Å². The predicted molar refractivity (Wildman–Crippen MR) is 155 cm³/mol. The number of halogens is 1. The summed E-state index contributed by atoms with van der Waals surface area (Å²) in [6.45, 7) is 1.96. The summed E-state index contributed by atoms with van der Waals surface area (Å²) in [7, 11) is 1.65. The zero-order chi connectivity index (χ0) is 25.1. The van der Waals surface area contributed by atoms with E-state index in [0.29, 0.717) is 5.69 Å².